The lowest BCUT2D eigenvalue weighted by Gasteiger charge is -2.18. The van der Waals surface area contributed by atoms with E-state index in [1.807, 2.05) is 30.3 Å². The SMILES string of the molecule is O=P(O)(O)C(NCc1ccccc1)c1cncs1. The van der Waals surface area contributed by atoms with E-state index in [-0.39, 0.29) is 0 Å². The summed E-state index contributed by atoms with van der Waals surface area (Å²) in [6, 6.07) is 9.46. The Morgan fingerprint density at radius 1 is 1.33 bits per heavy atom. The summed E-state index contributed by atoms with van der Waals surface area (Å²) in [4.78, 5) is 23.1. The number of hydrogen-bond acceptors (Lipinski definition) is 4. The molecule has 1 heterocycles. The first kappa shape index (κ1) is 13.4. The van der Waals surface area contributed by atoms with E-state index in [4.69, 9.17) is 0 Å². The number of hydrogen-bond donors (Lipinski definition) is 3. The third-order valence-corrected chi connectivity index (χ3v) is 4.55. The van der Waals surface area contributed by atoms with Crippen molar-refractivity contribution in [2.24, 2.45) is 0 Å². The van der Waals surface area contributed by atoms with Gasteiger partial charge in [0.05, 0.1) is 10.4 Å². The molecule has 1 unspecified atom stereocenters. The van der Waals surface area contributed by atoms with Gasteiger partial charge in [0.1, 0.15) is 5.78 Å². The van der Waals surface area contributed by atoms with Crippen molar-refractivity contribution in [2.75, 3.05) is 0 Å². The molecule has 2 rings (SSSR count). The van der Waals surface area contributed by atoms with E-state index >= 15 is 0 Å². The normalized spacial score (nSPS) is 13.4. The Kier molecular flexibility index (Phi) is 4.27. The second-order valence-corrected chi connectivity index (χ2v) is 6.37. The van der Waals surface area contributed by atoms with Gasteiger partial charge < -0.3 is 9.79 Å². The predicted molar refractivity (Wildman–Crippen MR) is 70.2 cm³/mol. The van der Waals surface area contributed by atoms with Gasteiger partial charge in [-0.3, -0.25) is 14.9 Å². The summed E-state index contributed by atoms with van der Waals surface area (Å²) in [5.41, 5.74) is 2.53. The van der Waals surface area contributed by atoms with Gasteiger partial charge in [0.25, 0.3) is 0 Å². The molecule has 96 valence electrons. The fourth-order valence-electron chi connectivity index (χ4n) is 1.56. The van der Waals surface area contributed by atoms with Gasteiger partial charge in [-0.2, -0.15) is 0 Å². The zero-order chi connectivity index (χ0) is 13.0. The van der Waals surface area contributed by atoms with Gasteiger partial charge in [0, 0.05) is 12.7 Å². The average molecular weight is 284 g/mol. The summed E-state index contributed by atoms with van der Waals surface area (Å²) < 4.78 is 11.5. The minimum atomic E-state index is -4.24. The van der Waals surface area contributed by atoms with Crippen molar-refractivity contribution in [3.63, 3.8) is 0 Å². The molecule has 1 atom stereocenters. The van der Waals surface area contributed by atoms with Crippen molar-refractivity contribution < 1.29 is 14.4 Å². The molecule has 1 aromatic carbocycles. The number of nitrogens with one attached hydrogen (secondary N) is 1. The highest BCUT2D eigenvalue weighted by molar-refractivity contribution is 7.52. The minimum absolute atomic E-state index is 0.397. The molecule has 0 spiro atoms. The van der Waals surface area contributed by atoms with Crippen LogP contribution in [0, 0.1) is 0 Å². The van der Waals surface area contributed by atoms with Gasteiger partial charge in [-0.25, -0.2) is 0 Å². The quantitative estimate of drug-likeness (QED) is 0.732. The van der Waals surface area contributed by atoms with E-state index in [1.54, 1.807) is 5.51 Å². The van der Waals surface area contributed by atoms with Crippen molar-refractivity contribution in [1.82, 2.24) is 10.3 Å². The van der Waals surface area contributed by atoms with Gasteiger partial charge in [-0.05, 0) is 5.56 Å². The van der Waals surface area contributed by atoms with Crippen molar-refractivity contribution >= 4 is 18.9 Å². The molecule has 3 N–H and O–H groups in total. The third-order valence-electron chi connectivity index (χ3n) is 2.40. The zero-order valence-electron chi connectivity index (χ0n) is 9.43. The molecule has 5 nitrogen and oxygen atoms in total. The topological polar surface area (TPSA) is 82.5 Å². The summed E-state index contributed by atoms with van der Waals surface area (Å²) in [5.74, 6) is -0.995. The maximum atomic E-state index is 11.5. The van der Waals surface area contributed by atoms with Crippen LogP contribution in [0.25, 0.3) is 0 Å². The molecule has 2 aromatic rings. The monoisotopic (exact) mass is 284 g/mol. The van der Waals surface area contributed by atoms with Gasteiger partial charge in [-0.15, -0.1) is 11.3 Å². The van der Waals surface area contributed by atoms with Crippen LogP contribution in [-0.2, 0) is 11.1 Å². The minimum Gasteiger partial charge on any atom is -0.323 e. The van der Waals surface area contributed by atoms with Gasteiger partial charge in [0.2, 0.25) is 0 Å². The van der Waals surface area contributed by atoms with Crippen LogP contribution in [-0.4, -0.2) is 14.8 Å². The highest BCUT2D eigenvalue weighted by Gasteiger charge is 2.31. The van der Waals surface area contributed by atoms with Crippen LogP contribution >= 0.6 is 18.9 Å². The van der Waals surface area contributed by atoms with Crippen molar-refractivity contribution in [3.8, 4) is 0 Å². The standard InChI is InChI=1S/C11H13N2O3PS/c14-17(15,16)11(10-7-12-8-18-10)13-6-9-4-2-1-3-5-9/h1-5,7-8,11,13H,6H2,(H2,14,15,16). The maximum absolute atomic E-state index is 11.5. The lowest BCUT2D eigenvalue weighted by molar-refractivity contribution is 0.348. The number of aromatic nitrogens is 1. The van der Waals surface area contributed by atoms with E-state index in [0.717, 1.165) is 5.56 Å². The molecular formula is C11H13N2O3PS. The Bertz CT molecular complexity index is 526. The molecule has 0 fully saturated rings. The summed E-state index contributed by atoms with van der Waals surface area (Å²) in [5, 5.41) is 2.89. The summed E-state index contributed by atoms with van der Waals surface area (Å²) in [6.07, 6.45) is 1.48. The molecule has 0 aliphatic heterocycles. The first-order valence-corrected chi connectivity index (χ1v) is 7.84. The highest BCUT2D eigenvalue weighted by Crippen LogP contribution is 2.50. The molecule has 0 saturated heterocycles. The molecule has 0 amide bonds. The summed E-state index contributed by atoms with van der Waals surface area (Å²) >= 11 is 1.23. The molecule has 0 aliphatic carbocycles. The zero-order valence-corrected chi connectivity index (χ0v) is 11.1. The predicted octanol–water partition coefficient (Wildman–Crippen LogP) is 2.11. The Morgan fingerprint density at radius 2 is 2.06 bits per heavy atom. The Balaban J connectivity index is 2.10. The maximum Gasteiger partial charge on any atom is 0.347 e. The number of thiazole rings is 1. The lowest BCUT2D eigenvalue weighted by Crippen LogP contribution is -2.20. The first-order chi connectivity index (χ1) is 8.57. The Hall–Kier alpha value is -1.04. The molecule has 7 heteroatoms. The fourth-order valence-corrected chi connectivity index (χ4v) is 3.46. The van der Waals surface area contributed by atoms with E-state index in [9.17, 15) is 14.4 Å². The molecule has 1 aromatic heterocycles. The van der Waals surface area contributed by atoms with Crippen LogP contribution < -0.4 is 5.32 Å². The molecule has 0 bridgehead atoms. The van der Waals surface area contributed by atoms with Crippen LogP contribution in [0.2, 0.25) is 0 Å². The van der Waals surface area contributed by atoms with Gasteiger partial charge >= 0.3 is 7.60 Å². The molecule has 18 heavy (non-hydrogen) atoms. The smallest absolute Gasteiger partial charge is 0.323 e. The second-order valence-electron chi connectivity index (χ2n) is 3.76. The van der Waals surface area contributed by atoms with E-state index in [0.29, 0.717) is 11.4 Å². The van der Waals surface area contributed by atoms with Crippen molar-refractivity contribution in [2.45, 2.75) is 12.3 Å². The van der Waals surface area contributed by atoms with Crippen molar-refractivity contribution in [1.29, 1.82) is 0 Å². The van der Waals surface area contributed by atoms with E-state index in [1.165, 1.54) is 17.5 Å². The molecule has 0 radical (unpaired) electrons. The van der Waals surface area contributed by atoms with Crippen LogP contribution in [0.1, 0.15) is 16.2 Å². The number of nitrogens with zero attached hydrogens (tertiary/aromatic N) is 1. The average Bonchev–Trinajstić information content (AvgIpc) is 2.82. The number of benzene rings is 1. The van der Waals surface area contributed by atoms with Crippen LogP contribution in [0.3, 0.4) is 0 Å². The third kappa shape index (κ3) is 3.48. The van der Waals surface area contributed by atoms with Crippen molar-refractivity contribution in [3.05, 3.63) is 52.5 Å². The van der Waals surface area contributed by atoms with Gasteiger partial charge in [0.15, 0.2) is 0 Å². The molecular weight excluding hydrogens is 271 g/mol. The van der Waals surface area contributed by atoms with Gasteiger partial charge in [-0.1, -0.05) is 30.3 Å². The van der Waals surface area contributed by atoms with E-state index < -0.39 is 13.4 Å². The largest absolute Gasteiger partial charge is 0.347 e. The van der Waals surface area contributed by atoms with Crippen LogP contribution in [0.5, 0.6) is 0 Å². The summed E-state index contributed by atoms with van der Waals surface area (Å²) in [7, 11) is -4.24. The van der Waals surface area contributed by atoms with E-state index in [2.05, 4.69) is 10.3 Å². The number of rotatable bonds is 5. The van der Waals surface area contributed by atoms with Crippen LogP contribution in [0.4, 0.5) is 0 Å². The molecule has 0 saturated carbocycles. The van der Waals surface area contributed by atoms with Crippen LogP contribution in [0.15, 0.2) is 42.0 Å². The summed E-state index contributed by atoms with van der Waals surface area (Å²) in [6.45, 7) is 0.397. The Labute approximate surface area is 109 Å². The Morgan fingerprint density at radius 3 is 2.61 bits per heavy atom. The lowest BCUT2D eigenvalue weighted by atomic mass is 10.2. The fraction of sp³-hybridized carbons (Fsp3) is 0.182. The molecule has 0 aliphatic rings. The first-order valence-electron chi connectivity index (χ1n) is 5.28. The highest BCUT2D eigenvalue weighted by atomic mass is 32.1. The second kappa shape index (κ2) is 5.73.